The molecular weight excluding hydrogens is 280 g/mol. The zero-order chi connectivity index (χ0) is 13.9. The number of aromatic nitrogens is 2. The SMILES string of the molecule is O=C1COc2cc(NCCn3cccn3)c(Cl)cc2N1. The number of rotatable bonds is 4. The molecule has 0 radical (unpaired) electrons. The first-order chi connectivity index (χ1) is 9.72. The topological polar surface area (TPSA) is 68.2 Å². The summed E-state index contributed by atoms with van der Waals surface area (Å²) in [6.07, 6.45) is 3.64. The molecule has 1 aromatic carbocycles. The highest BCUT2D eigenvalue weighted by molar-refractivity contribution is 6.33. The van der Waals surface area contributed by atoms with Crippen LogP contribution < -0.4 is 15.4 Å². The summed E-state index contributed by atoms with van der Waals surface area (Å²) >= 11 is 6.18. The molecule has 1 amide bonds. The molecular formula is C13H13ClN4O2. The monoisotopic (exact) mass is 292 g/mol. The Morgan fingerprint density at radius 2 is 2.40 bits per heavy atom. The fourth-order valence-electron chi connectivity index (χ4n) is 1.97. The average molecular weight is 293 g/mol. The number of hydrogen-bond acceptors (Lipinski definition) is 4. The number of amides is 1. The molecule has 0 bridgehead atoms. The van der Waals surface area contributed by atoms with Crippen molar-refractivity contribution >= 4 is 28.9 Å². The van der Waals surface area contributed by atoms with Crippen molar-refractivity contribution in [1.82, 2.24) is 9.78 Å². The molecule has 20 heavy (non-hydrogen) atoms. The molecule has 1 aliphatic heterocycles. The van der Waals surface area contributed by atoms with Crippen molar-refractivity contribution in [1.29, 1.82) is 0 Å². The minimum Gasteiger partial charge on any atom is -0.482 e. The predicted octanol–water partition coefficient (Wildman–Crippen LogP) is 1.98. The van der Waals surface area contributed by atoms with Gasteiger partial charge in [0.05, 0.1) is 22.9 Å². The summed E-state index contributed by atoms with van der Waals surface area (Å²) in [6.45, 7) is 1.45. The molecule has 1 aromatic heterocycles. The maximum atomic E-state index is 11.2. The van der Waals surface area contributed by atoms with E-state index in [1.54, 1.807) is 18.3 Å². The zero-order valence-corrected chi connectivity index (χ0v) is 11.4. The summed E-state index contributed by atoms with van der Waals surface area (Å²) in [7, 11) is 0. The number of fused-ring (bicyclic) bond motifs is 1. The van der Waals surface area contributed by atoms with Crippen molar-refractivity contribution in [2.45, 2.75) is 6.54 Å². The number of halogens is 1. The molecule has 2 N–H and O–H groups in total. The van der Waals surface area contributed by atoms with Gasteiger partial charge in [0.2, 0.25) is 0 Å². The van der Waals surface area contributed by atoms with Crippen molar-refractivity contribution in [3.63, 3.8) is 0 Å². The van der Waals surface area contributed by atoms with E-state index in [-0.39, 0.29) is 12.5 Å². The zero-order valence-electron chi connectivity index (χ0n) is 10.6. The number of nitrogens with one attached hydrogen (secondary N) is 2. The number of benzene rings is 1. The largest absolute Gasteiger partial charge is 0.482 e. The maximum absolute atomic E-state index is 11.2. The van der Waals surface area contributed by atoms with E-state index >= 15 is 0 Å². The third-order valence-corrected chi connectivity index (χ3v) is 3.23. The number of carbonyl (C=O) groups is 1. The Morgan fingerprint density at radius 1 is 1.50 bits per heavy atom. The van der Waals surface area contributed by atoms with Gasteiger partial charge in [0.1, 0.15) is 5.75 Å². The first-order valence-electron chi connectivity index (χ1n) is 6.20. The van der Waals surface area contributed by atoms with E-state index in [2.05, 4.69) is 15.7 Å². The highest BCUT2D eigenvalue weighted by Crippen LogP contribution is 2.36. The molecule has 0 unspecified atom stereocenters. The Morgan fingerprint density at radius 3 is 3.20 bits per heavy atom. The second kappa shape index (κ2) is 5.42. The van der Waals surface area contributed by atoms with Gasteiger partial charge in [0.25, 0.3) is 5.91 Å². The molecule has 0 saturated carbocycles. The van der Waals surface area contributed by atoms with Gasteiger partial charge < -0.3 is 15.4 Å². The van der Waals surface area contributed by atoms with Crippen LogP contribution >= 0.6 is 11.6 Å². The van der Waals surface area contributed by atoms with Gasteiger partial charge in [0.15, 0.2) is 6.61 Å². The van der Waals surface area contributed by atoms with E-state index in [4.69, 9.17) is 16.3 Å². The molecule has 0 fully saturated rings. The van der Waals surface area contributed by atoms with Crippen molar-refractivity contribution in [2.75, 3.05) is 23.8 Å². The van der Waals surface area contributed by atoms with Crippen molar-refractivity contribution in [3.8, 4) is 5.75 Å². The molecule has 0 spiro atoms. The lowest BCUT2D eigenvalue weighted by molar-refractivity contribution is -0.118. The van der Waals surface area contributed by atoms with E-state index in [0.29, 0.717) is 23.0 Å². The smallest absolute Gasteiger partial charge is 0.262 e. The van der Waals surface area contributed by atoms with Crippen LogP contribution in [0.2, 0.25) is 5.02 Å². The Labute approximate surface area is 120 Å². The second-order valence-corrected chi connectivity index (χ2v) is 4.77. The number of nitrogens with zero attached hydrogens (tertiary/aromatic N) is 2. The third kappa shape index (κ3) is 2.70. The Balaban J connectivity index is 1.69. The molecule has 104 valence electrons. The summed E-state index contributed by atoms with van der Waals surface area (Å²) < 4.78 is 7.18. The van der Waals surface area contributed by atoms with Crippen LogP contribution in [-0.2, 0) is 11.3 Å². The fourth-order valence-corrected chi connectivity index (χ4v) is 2.20. The quantitative estimate of drug-likeness (QED) is 0.904. The van der Waals surface area contributed by atoms with Gasteiger partial charge in [-0.25, -0.2) is 0 Å². The Bertz CT molecular complexity index is 628. The summed E-state index contributed by atoms with van der Waals surface area (Å²) in [5.41, 5.74) is 1.37. The Hall–Kier alpha value is -2.21. The van der Waals surface area contributed by atoms with Crippen molar-refractivity contribution in [3.05, 3.63) is 35.6 Å². The number of carbonyl (C=O) groups excluding carboxylic acids is 1. The highest BCUT2D eigenvalue weighted by Gasteiger charge is 2.17. The van der Waals surface area contributed by atoms with E-state index in [1.807, 2.05) is 16.9 Å². The number of hydrogen-bond donors (Lipinski definition) is 2. The molecule has 0 aliphatic carbocycles. The lowest BCUT2D eigenvalue weighted by atomic mass is 10.2. The number of anilines is 2. The van der Waals surface area contributed by atoms with Gasteiger partial charge >= 0.3 is 0 Å². The third-order valence-electron chi connectivity index (χ3n) is 2.92. The predicted molar refractivity (Wildman–Crippen MR) is 76.3 cm³/mol. The molecule has 2 aromatic rings. The maximum Gasteiger partial charge on any atom is 0.262 e. The van der Waals surface area contributed by atoms with Crippen molar-refractivity contribution in [2.24, 2.45) is 0 Å². The first-order valence-corrected chi connectivity index (χ1v) is 6.57. The van der Waals surface area contributed by atoms with Crippen LogP contribution in [0.4, 0.5) is 11.4 Å². The summed E-state index contributed by atoms with van der Waals surface area (Å²) in [5, 5.41) is 10.6. The normalized spacial score (nSPS) is 13.3. The fraction of sp³-hybridized carbons (Fsp3) is 0.231. The van der Waals surface area contributed by atoms with Crippen LogP contribution in [0.5, 0.6) is 5.75 Å². The van der Waals surface area contributed by atoms with Gasteiger partial charge in [-0.1, -0.05) is 11.6 Å². The van der Waals surface area contributed by atoms with E-state index in [9.17, 15) is 4.79 Å². The van der Waals surface area contributed by atoms with Crippen LogP contribution in [0.1, 0.15) is 0 Å². The second-order valence-electron chi connectivity index (χ2n) is 4.36. The van der Waals surface area contributed by atoms with E-state index in [1.165, 1.54) is 0 Å². The molecule has 0 atom stereocenters. The van der Waals surface area contributed by atoms with Gasteiger partial charge in [0, 0.05) is 25.0 Å². The van der Waals surface area contributed by atoms with Gasteiger partial charge in [-0.15, -0.1) is 0 Å². The lowest BCUT2D eigenvalue weighted by Crippen LogP contribution is -2.25. The van der Waals surface area contributed by atoms with E-state index < -0.39 is 0 Å². The van der Waals surface area contributed by atoms with Gasteiger partial charge in [-0.3, -0.25) is 9.48 Å². The molecule has 0 saturated heterocycles. The first kappa shape index (κ1) is 12.8. The summed E-state index contributed by atoms with van der Waals surface area (Å²) in [4.78, 5) is 11.2. The molecule has 6 nitrogen and oxygen atoms in total. The average Bonchev–Trinajstić information content (AvgIpc) is 2.93. The van der Waals surface area contributed by atoms with Crippen LogP contribution in [0.15, 0.2) is 30.6 Å². The lowest BCUT2D eigenvalue weighted by Gasteiger charge is -2.20. The van der Waals surface area contributed by atoms with Gasteiger partial charge in [-0.05, 0) is 12.1 Å². The molecule has 3 rings (SSSR count). The molecule has 2 heterocycles. The van der Waals surface area contributed by atoms with E-state index in [0.717, 1.165) is 12.2 Å². The minimum absolute atomic E-state index is 0.0291. The Kier molecular flexibility index (Phi) is 3.47. The van der Waals surface area contributed by atoms with Crippen molar-refractivity contribution < 1.29 is 9.53 Å². The van der Waals surface area contributed by atoms with Crippen LogP contribution in [0.3, 0.4) is 0 Å². The van der Waals surface area contributed by atoms with Crippen LogP contribution in [0.25, 0.3) is 0 Å². The summed E-state index contributed by atoms with van der Waals surface area (Å²) in [5.74, 6) is 0.448. The molecule has 7 heteroatoms. The number of ether oxygens (including phenoxy) is 1. The summed E-state index contributed by atoms with van der Waals surface area (Å²) in [6, 6.07) is 5.35. The van der Waals surface area contributed by atoms with Crippen LogP contribution in [0, 0.1) is 0 Å². The molecule has 1 aliphatic rings. The standard InChI is InChI=1S/C13H13ClN4O2/c14-9-6-11-12(20-8-13(19)17-11)7-10(9)15-3-5-18-4-1-2-16-18/h1-2,4,6-7,15H,3,5,8H2,(H,17,19). The van der Waals surface area contributed by atoms with Crippen LogP contribution in [-0.4, -0.2) is 28.8 Å². The minimum atomic E-state index is -0.173. The van der Waals surface area contributed by atoms with Gasteiger partial charge in [-0.2, -0.15) is 5.10 Å². The highest BCUT2D eigenvalue weighted by atomic mass is 35.5.